The maximum Gasteiger partial charge on any atom is 0.411 e. The van der Waals surface area contributed by atoms with Crippen LogP contribution in [0.3, 0.4) is 0 Å². The number of hydrogen-bond acceptors (Lipinski definition) is 3. The Morgan fingerprint density at radius 1 is 1.22 bits per heavy atom. The molecule has 2 N–H and O–H groups in total. The molecule has 1 rings (SSSR count). The molecule has 0 heterocycles. The molecule has 0 saturated heterocycles. The van der Waals surface area contributed by atoms with E-state index in [0.717, 1.165) is 17.8 Å². The fourth-order valence-electron chi connectivity index (χ4n) is 1.77. The molecule has 1 aromatic rings. The number of ether oxygens (including phenoxy) is 1. The number of nitrogens with one attached hydrogen (secondary N) is 2. The van der Waals surface area contributed by atoms with Gasteiger partial charge in [-0.15, -0.1) is 0 Å². The van der Waals surface area contributed by atoms with Crippen LogP contribution in [0.5, 0.6) is 0 Å². The second kappa shape index (κ2) is 6.89. The minimum absolute atomic E-state index is 0.454. The maximum atomic E-state index is 11.0. The molecule has 0 aliphatic rings. The summed E-state index contributed by atoms with van der Waals surface area (Å²) in [7, 11) is 1.35. The first-order valence-electron chi connectivity index (χ1n) is 6.28. The first kappa shape index (κ1) is 14.4. The van der Waals surface area contributed by atoms with Gasteiger partial charge in [-0.25, -0.2) is 4.79 Å². The zero-order valence-electron chi connectivity index (χ0n) is 11.5. The summed E-state index contributed by atoms with van der Waals surface area (Å²) in [5, 5.41) is 6.10. The molecule has 4 nitrogen and oxygen atoms in total. The quantitative estimate of drug-likeness (QED) is 0.837. The first-order valence-corrected chi connectivity index (χ1v) is 6.28. The molecule has 100 valence electrons. The average Bonchev–Trinajstić information content (AvgIpc) is 2.37. The molecule has 4 heteroatoms. The minimum Gasteiger partial charge on any atom is -0.453 e. The summed E-state index contributed by atoms with van der Waals surface area (Å²) in [5.41, 5.74) is 1.79. The van der Waals surface area contributed by atoms with Gasteiger partial charge in [0.25, 0.3) is 0 Å². The molecular formula is C14H22N2O2. The smallest absolute Gasteiger partial charge is 0.411 e. The maximum absolute atomic E-state index is 11.0. The van der Waals surface area contributed by atoms with Crippen molar-refractivity contribution >= 4 is 17.5 Å². The Bertz CT molecular complexity index is 374. The van der Waals surface area contributed by atoms with E-state index in [0.29, 0.717) is 12.0 Å². The number of rotatable bonds is 5. The zero-order chi connectivity index (χ0) is 13.5. The highest BCUT2D eigenvalue weighted by Crippen LogP contribution is 2.18. The third kappa shape index (κ3) is 4.28. The van der Waals surface area contributed by atoms with Gasteiger partial charge in [0.15, 0.2) is 0 Å². The predicted molar refractivity (Wildman–Crippen MR) is 75.0 cm³/mol. The van der Waals surface area contributed by atoms with Crippen LogP contribution in [0.4, 0.5) is 16.2 Å². The Morgan fingerprint density at radius 2 is 1.78 bits per heavy atom. The van der Waals surface area contributed by atoms with Crippen LogP contribution in [0, 0.1) is 5.92 Å². The lowest BCUT2D eigenvalue weighted by Crippen LogP contribution is -2.24. The van der Waals surface area contributed by atoms with E-state index >= 15 is 0 Å². The van der Waals surface area contributed by atoms with Crippen molar-refractivity contribution in [2.45, 2.75) is 33.2 Å². The highest BCUT2D eigenvalue weighted by molar-refractivity contribution is 5.84. The van der Waals surface area contributed by atoms with Crippen molar-refractivity contribution in [3.8, 4) is 0 Å². The summed E-state index contributed by atoms with van der Waals surface area (Å²) in [4.78, 5) is 11.0. The number of anilines is 2. The Labute approximate surface area is 109 Å². The van der Waals surface area contributed by atoms with Crippen LogP contribution in [0.15, 0.2) is 24.3 Å². The normalized spacial score (nSPS) is 12.1. The van der Waals surface area contributed by atoms with E-state index in [2.05, 4.69) is 36.1 Å². The summed E-state index contributed by atoms with van der Waals surface area (Å²) < 4.78 is 4.53. The van der Waals surface area contributed by atoms with Gasteiger partial charge in [-0.05, 0) is 36.6 Å². The summed E-state index contributed by atoms with van der Waals surface area (Å²) >= 11 is 0. The third-order valence-corrected chi connectivity index (χ3v) is 2.91. The molecule has 0 fully saturated rings. The molecule has 0 radical (unpaired) electrons. The van der Waals surface area contributed by atoms with Crippen molar-refractivity contribution in [1.82, 2.24) is 0 Å². The number of methoxy groups -OCH3 is 1. The second-order valence-electron chi connectivity index (χ2n) is 4.60. The van der Waals surface area contributed by atoms with Crippen LogP contribution < -0.4 is 10.6 Å². The van der Waals surface area contributed by atoms with Gasteiger partial charge in [-0.2, -0.15) is 0 Å². The largest absolute Gasteiger partial charge is 0.453 e. The Morgan fingerprint density at radius 3 is 2.22 bits per heavy atom. The van der Waals surface area contributed by atoms with Gasteiger partial charge in [0.05, 0.1) is 7.11 Å². The second-order valence-corrected chi connectivity index (χ2v) is 4.60. The number of amides is 1. The Balaban J connectivity index is 2.62. The van der Waals surface area contributed by atoms with Gasteiger partial charge >= 0.3 is 6.09 Å². The van der Waals surface area contributed by atoms with Crippen LogP contribution >= 0.6 is 0 Å². The van der Waals surface area contributed by atoms with E-state index in [1.807, 2.05) is 24.3 Å². The minimum atomic E-state index is -0.454. The molecule has 0 bridgehead atoms. The highest BCUT2D eigenvalue weighted by atomic mass is 16.5. The van der Waals surface area contributed by atoms with E-state index in [4.69, 9.17) is 0 Å². The third-order valence-electron chi connectivity index (χ3n) is 2.91. The standard InChI is InChI=1S/C14H22N2O2/c1-5-13(10(2)3)15-11-6-8-12(9-7-11)16-14(17)18-4/h6-10,13,15H,5H2,1-4H3,(H,16,17). The monoisotopic (exact) mass is 250 g/mol. The van der Waals surface area contributed by atoms with E-state index in [1.54, 1.807) is 0 Å². The van der Waals surface area contributed by atoms with E-state index in [9.17, 15) is 4.79 Å². The number of carbonyl (C=O) groups is 1. The van der Waals surface area contributed by atoms with Crippen LogP contribution in [-0.4, -0.2) is 19.2 Å². The molecular weight excluding hydrogens is 228 g/mol. The number of carbonyl (C=O) groups excluding carboxylic acids is 1. The summed E-state index contributed by atoms with van der Waals surface area (Å²) in [6.45, 7) is 6.58. The lowest BCUT2D eigenvalue weighted by Gasteiger charge is -2.22. The van der Waals surface area contributed by atoms with Gasteiger partial charge in [0.1, 0.15) is 0 Å². The zero-order valence-corrected chi connectivity index (χ0v) is 11.5. The fraction of sp³-hybridized carbons (Fsp3) is 0.500. The molecule has 1 atom stereocenters. The predicted octanol–water partition coefficient (Wildman–Crippen LogP) is 3.71. The van der Waals surface area contributed by atoms with E-state index in [-0.39, 0.29) is 0 Å². The molecule has 1 amide bonds. The average molecular weight is 250 g/mol. The molecule has 1 aromatic carbocycles. The van der Waals surface area contributed by atoms with E-state index < -0.39 is 6.09 Å². The van der Waals surface area contributed by atoms with Crippen molar-refractivity contribution in [3.05, 3.63) is 24.3 Å². The van der Waals surface area contributed by atoms with Gasteiger partial charge < -0.3 is 10.1 Å². The fourth-order valence-corrected chi connectivity index (χ4v) is 1.77. The summed E-state index contributed by atoms with van der Waals surface area (Å²) in [5.74, 6) is 0.586. The van der Waals surface area contributed by atoms with Crippen molar-refractivity contribution in [3.63, 3.8) is 0 Å². The van der Waals surface area contributed by atoms with Crippen molar-refractivity contribution in [2.75, 3.05) is 17.7 Å². The molecule has 0 aromatic heterocycles. The highest BCUT2D eigenvalue weighted by Gasteiger charge is 2.10. The molecule has 0 saturated carbocycles. The topological polar surface area (TPSA) is 50.4 Å². The van der Waals surface area contributed by atoms with E-state index in [1.165, 1.54) is 7.11 Å². The lowest BCUT2D eigenvalue weighted by molar-refractivity contribution is 0.187. The first-order chi connectivity index (χ1) is 8.56. The van der Waals surface area contributed by atoms with Crippen LogP contribution in [0.2, 0.25) is 0 Å². The van der Waals surface area contributed by atoms with Crippen molar-refractivity contribution in [1.29, 1.82) is 0 Å². The van der Waals surface area contributed by atoms with Crippen molar-refractivity contribution < 1.29 is 9.53 Å². The molecule has 18 heavy (non-hydrogen) atoms. The number of hydrogen-bond donors (Lipinski definition) is 2. The van der Waals surface area contributed by atoms with Crippen molar-refractivity contribution in [2.24, 2.45) is 5.92 Å². The lowest BCUT2D eigenvalue weighted by atomic mass is 10.0. The van der Waals surface area contributed by atoms with Gasteiger partial charge in [0.2, 0.25) is 0 Å². The molecule has 0 aliphatic carbocycles. The Kier molecular flexibility index (Phi) is 5.49. The molecule has 0 aliphatic heterocycles. The SMILES string of the molecule is CCC(Nc1ccc(NC(=O)OC)cc1)C(C)C. The van der Waals surface area contributed by atoms with Crippen LogP contribution in [0.1, 0.15) is 27.2 Å². The molecule has 1 unspecified atom stereocenters. The summed E-state index contributed by atoms with van der Waals surface area (Å²) in [6.07, 6.45) is 0.629. The van der Waals surface area contributed by atoms with Gasteiger partial charge in [0, 0.05) is 17.4 Å². The summed E-state index contributed by atoms with van der Waals surface area (Å²) in [6, 6.07) is 8.08. The van der Waals surface area contributed by atoms with Crippen LogP contribution in [0.25, 0.3) is 0 Å². The van der Waals surface area contributed by atoms with Gasteiger partial charge in [-0.1, -0.05) is 20.8 Å². The number of benzene rings is 1. The Hall–Kier alpha value is -1.71. The van der Waals surface area contributed by atoms with Gasteiger partial charge in [-0.3, -0.25) is 5.32 Å². The molecule has 0 spiro atoms. The van der Waals surface area contributed by atoms with Crippen LogP contribution in [-0.2, 0) is 4.74 Å².